The molecule has 5 heteroatoms. The molecule has 0 N–H and O–H groups in total. The number of aromatic nitrogens is 1. The summed E-state index contributed by atoms with van der Waals surface area (Å²) in [6.45, 7) is 1.07. The van der Waals surface area contributed by atoms with E-state index in [-0.39, 0.29) is 5.78 Å². The van der Waals surface area contributed by atoms with Crippen molar-refractivity contribution in [1.82, 2.24) is 4.98 Å². The zero-order valence-corrected chi connectivity index (χ0v) is 16.3. The van der Waals surface area contributed by atoms with Gasteiger partial charge in [-0.1, -0.05) is 48.5 Å². The van der Waals surface area contributed by atoms with Gasteiger partial charge in [0.15, 0.2) is 17.3 Å². The molecule has 0 bridgehead atoms. The van der Waals surface area contributed by atoms with Crippen molar-refractivity contribution in [2.24, 2.45) is 0 Å². The van der Waals surface area contributed by atoms with Crippen LogP contribution in [0, 0.1) is 0 Å². The van der Waals surface area contributed by atoms with Crippen LogP contribution in [0.25, 0.3) is 21.9 Å². The third kappa shape index (κ3) is 3.52. The Kier molecular flexibility index (Phi) is 4.58. The van der Waals surface area contributed by atoms with Crippen molar-refractivity contribution in [3.63, 3.8) is 0 Å². The lowest BCUT2D eigenvalue weighted by Crippen LogP contribution is -2.15. The van der Waals surface area contributed by atoms with Crippen LogP contribution in [-0.4, -0.2) is 24.0 Å². The number of carbonyl (C=O) groups is 1. The standard InChI is InChI=1S/C24H17NO3S/c26-23(17-6-2-1-3-7-17)18(24-25-19-8-4-5-9-22(19)29-24)14-16-10-11-20-21(15-16)28-13-12-27-20/h1-11,14-15H,12-13H2/b18-14-. The van der Waals surface area contributed by atoms with Gasteiger partial charge in [0.05, 0.1) is 15.8 Å². The molecule has 0 unspecified atom stereocenters. The Morgan fingerprint density at radius 3 is 2.48 bits per heavy atom. The lowest BCUT2D eigenvalue weighted by molar-refractivity contribution is 0.105. The maximum Gasteiger partial charge on any atom is 0.196 e. The maximum atomic E-state index is 13.4. The van der Waals surface area contributed by atoms with Gasteiger partial charge in [-0.25, -0.2) is 4.98 Å². The van der Waals surface area contributed by atoms with Crippen LogP contribution in [-0.2, 0) is 0 Å². The van der Waals surface area contributed by atoms with Crippen LogP contribution in [0.4, 0.5) is 0 Å². The smallest absolute Gasteiger partial charge is 0.196 e. The minimum Gasteiger partial charge on any atom is -0.486 e. The molecule has 2 heterocycles. The van der Waals surface area contributed by atoms with Crippen LogP contribution in [0.5, 0.6) is 11.5 Å². The summed E-state index contributed by atoms with van der Waals surface area (Å²) in [5, 5.41) is 0.704. The second-order valence-electron chi connectivity index (χ2n) is 6.64. The fourth-order valence-electron chi connectivity index (χ4n) is 3.27. The van der Waals surface area contributed by atoms with Gasteiger partial charge in [-0.05, 0) is 35.9 Å². The first-order chi connectivity index (χ1) is 14.3. The Morgan fingerprint density at radius 2 is 1.66 bits per heavy atom. The summed E-state index contributed by atoms with van der Waals surface area (Å²) >= 11 is 1.52. The molecular weight excluding hydrogens is 382 g/mol. The first-order valence-electron chi connectivity index (χ1n) is 9.35. The van der Waals surface area contributed by atoms with E-state index in [1.165, 1.54) is 11.3 Å². The number of para-hydroxylation sites is 1. The quantitative estimate of drug-likeness (QED) is 0.336. The van der Waals surface area contributed by atoms with E-state index in [1.54, 1.807) is 0 Å². The van der Waals surface area contributed by atoms with E-state index in [9.17, 15) is 4.79 Å². The average Bonchev–Trinajstić information content (AvgIpc) is 3.21. The van der Waals surface area contributed by atoms with Crippen LogP contribution >= 0.6 is 11.3 Å². The number of hydrogen-bond donors (Lipinski definition) is 0. The summed E-state index contributed by atoms with van der Waals surface area (Å²) in [7, 11) is 0. The van der Waals surface area contributed by atoms with Gasteiger partial charge in [0.1, 0.15) is 18.2 Å². The molecule has 4 nitrogen and oxygen atoms in total. The fraction of sp³-hybridized carbons (Fsp3) is 0.0833. The third-order valence-electron chi connectivity index (χ3n) is 4.68. The molecule has 1 aliphatic heterocycles. The summed E-state index contributed by atoms with van der Waals surface area (Å²) in [6, 6.07) is 22.9. The molecule has 0 aliphatic carbocycles. The summed E-state index contributed by atoms with van der Waals surface area (Å²) in [5.74, 6) is 1.37. The van der Waals surface area contributed by atoms with Crippen molar-refractivity contribution in [1.29, 1.82) is 0 Å². The number of thiazole rings is 1. The normalized spacial score (nSPS) is 13.4. The van der Waals surface area contributed by atoms with Gasteiger partial charge >= 0.3 is 0 Å². The zero-order chi connectivity index (χ0) is 19.6. The topological polar surface area (TPSA) is 48.4 Å². The lowest BCUT2D eigenvalue weighted by atomic mass is 10.0. The van der Waals surface area contributed by atoms with E-state index in [0.717, 1.165) is 21.5 Å². The number of Topliss-reactive ketones (excluding diaryl/α,β-unsaturated/α-hetero) is 1. The van der Waals surface area contributed by atoms with Crippen LogP contribution < -0.4 is 9.47 Å². The average molecular weight is 399 g/mol. The van der Waals surface area contributed by atoms with E-state index < -0.39 is 0 Å². The molecule has 5 rings (SSSR count). The largest absolute Gasteiger partial charge is 0.486 e. The maximum absolute atomic E-state index is 13.4. The van der Waals surface area contributed by atoms with E-state index in [0.29, 0.717) is 35.1 Å². The van der Waals surface area contributed by atoms with Gasteiger partial charge in [-0.2, -0.15) is 0 Å². The van der Waals surface area contributed by atoms with Crippen LogP contribution in [0.2, 0.25) is 0 Å². The molecular formula is C24H17NO3S. The molecule has 0 amide bonds. The molecule has 0 spiro atoms. The minimum atomic E-state index is -0.0560. The Labute approximate surface area is 172 Å². The number of rotatable bonds is 4. The molecule has 0 radical (unpaired) electrons. The van der Waals surface area contributed by atoms with Gasteiger partial charge in [-0.15, -0.1) is 11.3 Å². The van der Waals surface area contributed by atoms with Gasteiger partial charge in [-0.3, -0.25) is 4.79 Å². The van der Waals surface area contributed by atoms with Gasteiger partial charge in [0.2, 0.25) is 0 Å². The van der Waals surface area contributed by atoms with Crippen molar-refractivity contribution >= 4 is 39.0 Å². The molecule has 0 atom stereocenters. The highest BCUT2D eigenvalue weighted by Crippen LogP contribution is 2.34. The molecule has 4 aromatic rings. The summed E-state index contributed by atoms with van der Waals surface area (Å²) in [6.07, 6.45) is 1.88. The predicted molar refractivity (Wildman–Crippen MR) is 116 cm³/mol. The Hall–Kier alpha value is -3.44. The Bertz CT molecular complexity index is 1190. The van der Waals surface area contributed by atoms with Crippen molar-refractivity contribution in [2.45, 2.75) is 0 Å². The highest BCUT2D eigenvalue weighted by molar-refractivity contribution is 7.20. The van der Waals surface area contributed by atoms with Crippen molar-refractivity contribution in [2.75, 3.05) is 13.2 Å². The molecule has 1 aromatic heterocycles. The van der Waals surface area contributed by atoms with E-state index >= 15 is 0 Å². The predicted octanol–water partition coefficient (Wildman–Crippen LogP) is 5.49. The molecule has 0 fully saturated rings. The Morgan fingerprint density at radius 1 is 0.897 bits per heavy atom. The molecule has 0 saturated heterocycles. The summed E-state index contributed by atoms with van der Waals surface area (Å²) in [5.41, 5.74) is 2.96. The highest BCUT2D eigenvalue weighted by atomic mass is 32.1. The zero-order valence-electron chi connectivity index (χ0n) is 15.5. The second kappa shape index (κ2) is 7.53. The monoisotopic (exact) mass is 399 g/mol. The molecule has 29 heavy (non-hydrogen) atoms. The second-order valence-corrected chi connectivity index (χ2v) is 7.67. The minimum absolute atomic E-state index is 0.0560. The van der Waals surface area contributed by atoms with Crippen LogP contribution in [0.15, 0.2) is 72.8 Å². The fourth-order valence-corrected chi connectivity index (χ4v) is 4.25. The number of carbonyl (C=O) groups excluding carboxylic acids is 1. The van der Waals surface area contributed by atoms with Crippen molar-refractivity contribution in [3.05, 3.63) is 88.9 Å². The number of hydrogen-bond acceptors (Lipinski definition) is 5. The number of ether oxygens (including phenoxy) is 2. The first kappa shape index (κ1) is 17.6. The van der Waals surface area contributed by atoms with Crippen molar-refractivity contribution < 1.29 is 14.3 Å². The Balaban J connectivity index is 1.63. The molecule has 3 aromatic carbocycles. The van der Waals surface area contributed by atoms with Gasteiger partial charge < -0.3 is 9.47 Å². The first-order valence-corrected chi connectivity index (χ1v) is 10.2. The summed E-state index contributed by atoms with van der Waals surface area (Å²) in [4.78, 5) is 18.1. The van der Waals surface area contributed by atoms with E-state index in [2.05, 4.69) is 0 Å². The van der Waals surface area contributed by atoms with Gasteiger partial charge in [0, 0.05) is 5.56 Å². The number of nitrogens with zero attached hydrogens (tertiary/aromatic N) is 1. The highest BCUT2D eigenvalue weighted by Gasteiger charge is 2.19. The molecule has 1 aliphatic rings. The number of fused-ring (bicyclic) bond motifs is 2. The van der Waals surface area contributed by atoms with Crippen LogP contribution in [0.3, 0.4) is 0 Å². The van der Waals surface area contributed by atoms with Crippen molar-refractivity contribution in [3.8, 4) is 11.5 Å². The number of benzene rings is 3. The number of allylic oxidation sites excluding steroid dienone is 1. The molecule has 142 valence electrons. The van der Waals surface area contributed by atoms with E-state index in [4.69, 9.17) is 14.5 Å². The van der Waals surface area contributed by atoms with Crippen LogP contribution in [0.1, 0.15) is 20.9 Å². The summed E-state index contributed by atoms with van der Waals surface area (Å²) < 4.78 is 12.3. The van der Waals surface area contributed by atoms with Gasteiger partial charge in [0.25, 0.3) is 0 Å². The lowest BCUT2D eigenvalue weighted by Gasteiger charge is -2.18. The number of ketones is 1. The van der Waals surface area contributed by atoms with E-state index in [1.807, 2.05) is 78.9 Å². The SMILES string of the molecule is O=C(/C(=C/c1ccc2c(c1)OCCO2)c1nc2ccccc2s1)c1ccccc1. The third-order valence-corrected chi connectivity index (χ3v) is 5.75. The molecule has 0 saturated carbocycles.